The van der Waals surface area contributed by atoms with Gasteiger partial charge in [0.15, 0.2) is 0 Å². The van der Waals surface area contributed by atoms with Gasteiger partial charge in [-0.15, -0.1) is 11.3 Å². The zero-order valence-electron chi connectivity index (χ0n) is 13.9. The van der Waals surface area contributed by atoms with Crippen LogP contribution < -0.4 is 5.48 Å². The van der Waals surface area contributed by atoms with Crippen LogP contribution >= 0.6 is 11.3 Å². The number of carbonyl (C=O) groups is 1. The summed E-state index contributed by atoms with van der Waals surface area (Å²) in [4.78, 5) is 28.2. The standard InChI is InChI=1S/C18H19N3O2S/c1-4-14-19-12(3)15-11(2)16(24-18(15)20-14)17(22)21-23-10-13-8-6-5-7-9-13/h5-9H,4,10H2,1-3H3,(H,21,22). The van der Waals surface area contributed by atoms with Crippen molar-refractivity contribution in [2.75, 3.05) is 0 Å². The summed E-state index contributed by atoms with van der Waals surface area (Å²) >= 11 is 1.38. The molecule has 0 saturated carbocycles. The van der Waals surface area contributed by atoms with Gasteiger partial charge in [0.2, 0.25) is 0 Å². The number of amides is 1. The number of hydrogen-bond donors (Lipinski definition) is 1. The Morgan fingerprint density at radius 3 is 2.67 bits per heavy atom. The van der Waals surface area contributed by atoms with Crippen molar-refractivity contribution in [3.63, 3.8) is 0 Å². The summed E-state index contributed by atoms with van der Waals surface area (Å²) in [5.74, 6) is 0.553. The molecule has 2 heterocycles. The maximum atomic E-state index is 12.4. The van der Waals surface area contributed by atoms with E-state index in [-0.39, 0.29) is 5.91 Å². The summed E-state index contributed by atoms with van der Waals surface area (Å²) in [5, 5.41) is 0.963. The molecule has 0 saturated heterocycles. The molecule has 5 nitrogen and oxygen atoms in total. The Morgan fingerprint density at radius 1 is 1.21 bits per heavy atom. The van der Waals surface area contributed by atoms with Gasteiger partial charge < -0.3 is 0 Å². The quantitative estimate of drug-likeness (QED) is 0.718. The second-order valence-electron chi connectivity index (χ2n) is 5.52. The number of carbonyl (C=O) groups excluding carboxylic acids is 1. The van der Waals surface area contributed by atoms with Crippen molar-refractivity contribution in [3.05, 3.63) is 57.9 Å². The molecule has 0 aliphatic heterocycles. The fourth-order valence-electron chi connectivity index (χ4n) is 2.58. The second kappa shape index (κ2) is 7.07. The van der Waals surface area contributed by atoms with Crippen molar-refractivity contribution in [1.82, 2.24) is 15.4 Å². The molecule has 1 amide bonds. The van der Waals surface area contributed by atoms with Gasteiger partial charge in [-0.1, -0.05) is 37.3 Å². The van der Waals surface area contributed by atoms with E-state index in [1.807, 2.05) is 51.1 Å². The van der Waals surface area contributed by atoms with Crippen molar-refractivity contribution in [2.24, 2.45) is 0 Å². The van der Waals surface area contributed by atoms with Crippen molar-refractivity contribution < 1.29 is 9.63 Å². The molecule has 0 spiro atoms. The van der Waals surface area contributed by atoms with Crippen LogP contribution in [0.15, 0.2) is 30.3 Å². The molecule has 1 N–H and O–H groups in total. The van der Waals surface area contributed by atoms with Crippen LogP contribution in [0.5, 0.6) is 0 Å². The van der Waals surface area contributed by atoms with Gasteiger partial charge in [-0.05, 0) is 25.0 Å². The molecule has 0 atom stereocenters. The molecule has 124 valence electrons. The first kappa shape index (κ1) is 16.5. The Morgan fingerprint density at radius 2 is 1.96 bits per heavy atom. The number of nitrogens with zero attached hydrogens (tertiary/aromatic N) is 2. The van der Waals surface area contributed by atoms with Gasteiger partial charge in [-0.2, -0.15) is 0 Å². The zero-order valence-corrected chi connectivity index (χ0v) is 14.7. The number of benzene rings is 1. The van der Waals surface area contributed by atoms with Crippen molar-refractivity contribution in [3.8, 4) is 0 Å². The number of hydroxylamine groups is 1. The van der Waals surface area contributed by atoms with Crippen LogP contribution in [0.2, 0.25) is 0 Å². The molecule has 24 heavy (non-hydrogen) atoms. The van der Waals surface area contributed by atoms with Gasteiger partial charge in [0.25, 0.3) is 5.91 Å². The summed E-state index contributed by atoms with van der Waals surface area (Å²) in [6.45, 7) is 6.23. The van der Waals surface area contributed by atoms with E-state index in [0.717, 1.165) is 39.3 Å². The van der Waals surface area contributed by atoms with Crippen molar-refractivity contribution in [2.45, 2.75) is 33.8 Å². The highest BCUT2D eigenvalue weighted by Crippen LogP contribution is 2.31. The lowest BCUT2D eigenvalue weighted by molar-refractivity contribution is 0.0236. The van der Waals surface area contributed by atoms with Gasteiger partial charge in [-0.25, -0.2) is 15.4 Å². The summed E-state index contributed by atoms with van der Waals surface area (Å²) in [6, 6.07) is 9.70. The molecule has 6 heteroatoms. The smallest absolute Gasteiger partial charge is 0.269 e. The first-order valence-corrected chi connectivity index (χ1v) is 8.64. The van der Waals surface area contributed by atoms with Crippen LogP contribution in [0.4, 0.5) is 0 Å². The van der Waals surface area contributed by atoms with Gasteiger partial charge in [-0.3, -0.25) is 9.63 Å². The average Bonchev–Trinajstić information content (AvgIpc) is 2.93. The number of aromatic nitrogens is 2. The largest absolute Gasteiger partial charge is 0.285 e. The Labute approximate surface area is 144 Å². The van der Waals surface area contributed by atoms with Gasteiger partial charge in [0.1, 0.15) is 10.7 Å². The van der Waals surface area contributed by atoms with Crippen LogP contribution in [0, 0.1) is 13.8 Å². The highest BCUT2D eigenvalue weighted by molar-refractivity contribution is 7.20. The molecule has 0 fully saturated rings. The average molecular weight is 341 g/mol. The normalized spacial score (nSPS) is 11.0. The third kappa shape index (κ3) is 3.29. The van der Waals surface area contributed by atoms with Crippen LogP contribution in [0.3, 0.4) is 0 Å². The lowest BCUT2D eigenvalue weighted by Crippen LogP contribution is -2.23. The molecule has 0 bridgehead atoms. The second-order valence-corrected chi connectivity index (χ2v) is 6.52. The topological polar surface area (TPSA) is 64.1 Å². The van der Waals surface area contributed by atoms with Gasteiger partial charge >= 0.3 is 0 Å². The Hall–Kier alpha value is -2.31. The van der Waals surface area contributed by atoms with Crippen LogP contribution in [-0.4, -0.2) is 15.9 Å². The molecule has 3 aromatic rings. The minimum absolute atomic E-state index is 0.246. The van der Waals surface area contributed by atoms with Gasteiger partial charge in [0.05, 0.1) is 11.5 Å². The first-order valence-electron chi connectivity index (χ1n) is 7.82. The molecule has 1 aromatic carbocycles. The monoisotopic (exact) mass is 341 g/mol. The number of thiophene rings is 1. The summed E-state index contributed by atoms with van der Waals surface area (Å²) in [5.41, 5.74) is 5.33. The highest BCUT2D eigenvalue weighted by atomic mass is 32.1. The van der Waals surface area contributed by atoms with E-state index in [0.29, 0.717) is 11.5 Å². The van der Waals surface area contributed by atoms with E-state index < -0.39 is 0 Å². The lowest BCUT2D eigenvalue weighted by Gasteiger charge is -2.05. The fourth-order valence-corrected chi connectivity index (χ4v) is 3.71. The molecule has 0 unspecified atom stereocenters. The van der Waals surface area contributed by atoms with E-state index in [4.69, 9.17) is 4.84 Å². The van der Waals surface area contributed by atoms with E-state index >= 15 is 0 Å². The lowest BCUT2D eigenvalue weighted by atomic mass is 10.1. The fraction of sp³-hybridized carbons (Fsp3) is 0.278. The minimum Gasteiger partial charge on any atom is -0.269 e. The zero-order chi connectivity index (χ0) is 17.1. The minimum atomic E-state index is -0.246. The van der Waals surface area contributed by atoms with E-state index in [2.05, 4.69) is 15.4 Å². The number of rotatable bonds is 5. The predicted molar refractivity (Wildman–Crippen MR) is 95.0 cm³/mol. The van der Waals surface area contributed by atoms with E-state index in [9.17, 15) is 4.79 Å². The maximum Gasteiger partial charge on any atom is 0.285 e. The van der Waals surface area contributed by atoms with E-state index in [1.165, 1.54) is 11.3 Å². The summed E-state index contributed by atoms with van der Waals surface area (Å²) in [6.07, 6.45) is 0.773. The molecular weight excluding hydrogens is 322 g/mol. The van der Waals surface area contributed by atoms with E-state index in [1.54, 1.807) is 0 Å². The third-order valence-corrected chi connectivity index (χ3v) is 4.97. The Balaban J connectivity index is 1.77. The third-order valence-electron chi connectivity index (χ3n) is 3.79. The predicted octanol–water partition coefficient (Wildman–Crippen LogP) is 3.73. The number of nitrogens with one attached hydrogen (secondary N) is 1. The molecule has 0 aliphatic carbocycles. The van der Waals surface area contributed by atoms with Crippen LogP contribution in [0.1, 0.15) is 39.2 Å². The SMILES string of the molecule is CCc1nc(C)c2c(C)c(C(=O)NOCc3ccccc3)sc2n1. The van der Waals surface area contributed by atoms with Crippen LogP contribution in [0.25, 0.3) is 10.2 Å². The van der Waals surface area contributed by atoms with Crippen LogP contribution in [-0.2, 0) is 17.9 Å². The Kier molecular flexibility index (Phi) is 4.87. The molecular formula is C18H19N3O2S. The number of aryl methyl sites for hydroxylation is 3. The number of hydrogen-bond acceptors (Lipinski definition) is 5. The summed E-state index contributed by atoms with van der Waals surface area (Å²) < 4.78 is 0. The molecule has 3 rings (SSSR count). The van der Waals surface area contributed by atoms with Gasteiger partial charge in [0, 0.05) is 17.5 Å². The number of fused-ring (bicyclic) bond motifs is 1. The first-order chi connectivity index (χ1) is 11.6. The summed E-state index contributed by atoms with van der Waals surface area (Å²) in [7, 11) is 0. The maximum absolute atomic E-state index is 12.4. The Bertz CT molecular complexity index is 875. The highest BCUT2D eigenvalue weighted by Gasteiger charge is 2.19. The molecule has 0 radical (unpaired) electrons. The van der Waals surface area contributed by atoms with Crippen molar-refractivity contribution >= 4 is 27.5 Å². The molecule has 2 aromatic heterocycles. The molecule has 0 aliphatic rings. The van der Waals surface area contributed by atoms with Crippen molar-refractivity contribution in [1.29, 1.82) is 0 Å².